The molecule has 1 N–H and O–H groups in total. The Balaban J connectivity index is 2.14. The van der Waals surface area contributed by atoms with E-state index in [9.17, 15) is 9.18 Å². The van der Waals surface area contributed by atoms with E-state index in [4.69, 9.17) is 0 Å². The predicted octanol–water partition coefficient (Wildman–Crippen LogP) is 3.59. The maximum absolute atomic E-state index is 13.9. The van der Waals surface area contributed by atoms with Crippen molar-refractivity contribution in [2.24, 2.45) is 0 Å². The second-order valence-electron chi connectivity index (χ2n) is 5.51. The molecule has 1 aliphatic carbocycles. The van der Waals surface area contributed by atoms with Crippen LogP contribution in [0.4, 0.5) is 4.39 Å². The van der Waals surface area contributed by atoms with E-state index >= 15 is 0 Å². The molecule has 2 rings (SSSR count). The molecule has 0 unspecified atom stereocenters. The summed E-state index contributed by atoms with van der Waals surface area (Å²) >= 11 is 0. The molecule has 1 aromatic carbocycles. The number of carbonyl (C=O) groups excluding carboxylic acids is 1. The van der Waals surface area contributed by atoms with E-state index in [0.717, 1.165) is 25.7 Å². The molecule has 1 amide bonds. The van der Waals surface area contributed by atoms with Crippen molar-refractivity contribution in [3.05, 3.63) is 35.1 Å². The SMILES string of the molecule is Cc1cccc(C(=O)NC2(C)CCCCC2)c1F. The number of halogens is 1. The first-order chi connectivity index (χ1) is 8.52. The lowest BCUT2D eigenvalue weighted by Gasteiger charge is -2.34. The lowest BCUT2D eigenvalue weighted by atomic mass is 9.83. The molecule has 0 radical (unpaired) electrons. The summed E-state index contributed by atoms with van der Waals surface area (Å²) in [5.41, 5.74) is 0.490. The summed E-state index contributed by atoms with van der Waals surface area (Å²) in [5, 5.41) is 3.00. The first-order valence-corrected chi connectivity index (χ1v) is 6.59. The Kier molecular flexibility index (Phi) is 3.69. The standard InChI is InChI=1S/C15H20FNO/c1-11-7-6-8-12(13(11)16)14(18)17-15(2)9-4-3-5-10-15/h6-8H,3-5,9-10H2,1-2H3,(H,17,18). The molecule has 0 aliphatic heterocycles. The van der Waals surface area contributed by atoms with E-state index in [1.165, 1.54) is 6.42 Å². The van der Waals surface area contributed by atoms with Gasteiger partial charge in [0.25, 0.3) is 5.91 Å². The highest BCUT2D eigenvalue weighted by Gasteiger charge is 2.29. The lowest BCUT2D eigenvalue weighted by Crippen LogP contribution is -2.47. The molecule has 1 aromatic rings. The van der Waals surface area contributed by atoms with Crippen LogP contribution in [0.2, 0.25) is 0 Å². The van der Waals surface area contributed by atoms with Gasteiger partial charge in [0.05, 0.1) is 5.56 Å². The van der Waals surface area contributed by atoms with Crippen molar-refractivity contribution in [3.63, 3.8) is 0 Å². The summed E-state index contributed by atoms with van der Waals surface area (Å²) in [6, 6.07) is 4.94. The van der Waals surface area contributed by atoms with Gasteiger partial charge in [-0.05, 0) is 38.3 Å². The van der Waals surface area contributed by atoms with Gasteiger partial charge in [-0.25, -0.2) is 4.39 Å². The molecular formula is C15H20FNO. The Morgan fingerprint density at radius 2 is 1.94 bits per heavy atom. The van der Waals surface area contributed by atoms with Gasteiger partial charge in [0.1, 0.15) is 5.82 Å². The monoisotopic (exact) mass is 249 g/mol. The first kappa shape index (κ1) is 13.1. The first-order valence-electron chi connectivity index (χ1n) is 6.59. The van der Waals surface area contributed by atoms with Crippen molar-refractivity contribution >= 4 is 5.91 Å². The minimum Gasteiger partial charge on any atom is -0.347 e. The lowest BCUT2D eigenvalue weighted by molar-refractivity contribution is 0.0878. The second-order valence-corrected chi connectivity index (χ2v) is 5.51. The minimum absolute atomic E-state index is 0.154. The molecule has 98 valence electrons. The van der Waals surface area contributed by atoms with Crippen LogP contribution in [0.3, 0.4) is 0 Å². The summed E-state index contributed by atoms with van der Waals surface area (Å²) < 4.78 is 13.9. The van der Waals surface area contributed by atoms with Crippen LogP contribution in [0, 0.1) is 12.7 Å². The highest BCUT2D eigenvalue weighted by atomic mass is 19.1. The van der Waals surface area contributed by atoms with Crippen molar-refractivity contribution in [2.45, 2.75) is 51.5 Å². The number of hydrogen-bond acceptors (Lipinski definition) is 1. The van der Waals surface area contributed by atoms with Gasteiger partial charge in [-0.3, -0.25) is 4.79 Å². The molecule has 0 bridgehead atoms. The number of nitrogens with one attached hydrogen (secondary N) is 1. The van der Waals surface area contributed by atoms with Gasteiger partial charge in [-0.15, -0.1) is 0 Å². The van der Waals surface area contributed by atoms with Crippen LogP contribution < -0.4 is 5.32 Å². The molecule has 18 heavy (non-hydrogen) atoms. The van der Waals surface area contributed by atoms with E-state index in [0.29, 0.717) is 5.56 Å². The molecule has 0 aromatic heterocycles. The molecular weight excluding hydrogens is 229 g/mol. The summed E-state index contributed by atoms with van der Waals surface area (Å²) in [7, 11) is 0. The number of rotatable bonds is 2. The summed E-state index contributed by atoms with van der Waals surface area (Å²) in [4.78, 5) is 12.1. The highest BCUT2D eigenvalue weighted by Crippen LogP contribution is 2.28. The van der Waals surface area contributed by atoms with Crippen LogP contribution in [-0.2, 0) is 0 Å². The number of carbonyl (C=O) groups is 1. The van der Waals surface area contributed by atoms with Crippen molar-refractivity contribution in [2.75, 3.05) is 0 Å². The Morgan fingerprint density at radius 3 is 2.61 bits per heavy atom. The third kappa shape index (κ3) is 2.71. The number of hydrogen-bond donors (Lipinski definition) is 1. The van der Waals surface area contributed by atoms with Gasteiger partial charge >= 0.3 is 0 Å². The predicted molar refractivity (Wildman–Crippen MR) is 70.1 cm³/mol. The molecule has 1 aliphatic rings. The second kappa shape index (κ2) is 5.09. The Morgan fingerprint density at radius 1 is 1.28 bits per heavy atom. The van der Waals surface area contributed by atoms with Crippen molar-refractivity contribution in [1.29, 1.82) is 0 Å². The Bertz CT molecular complexity index is 450. The minimum atomic E-state index is -0.408. The molecule has 0 spiro atoms. The van der Waals surface area contributed by atoms with Crippen LogP contribution in [-0.4, -0.2) is 11.4 Å². The van der Waals surface area contributed by atoms with Gasteiger partial charge in [-0.1, -0.05) is 31.4 Å². The molecule has 0 atom stereocenters. The van der Waals surface area contributed by atoms with Crippen LogP contribution in [0.1, 0.15) is 54.9 Å². The van der Waals surface area contributed by atoms with E-state index < -0.39 is 5.82 Å². The van der Waals surface area contributed by atoms with E-state index in [1.54, 1.807) is 25.1 Å². The number of aryl methyl sites for hydroxylation is 1. The molecule has 0 saturated heterocycles. The average Bonchev–Trinajstić information content (AvgIpc) is 2.33. The van der Waals surface area contributed by atoms with Crippen LogP contribution in [0.5, 0.6) is 0 Å². The average molecular weight is 249 g/mol. The van der Waals surface area contributed by atoms with Crippen LogP contribution >= 0.6 is 0 Å². The molecule has 1 fully saturated rings. The summed E-state index contributed by atoms with van der Waals surface area (Å²) in [6.07, 6.45) is 5.45. The Labute approximate surface area is 108 Å². The third-order valence-electron chi connectivity index (χ3n) is 3.81. The molecule has 3 heteroatoms. The van der Waals surface area contributed by atoms with Crippen LogP contribution in [0.25, 0.3) is 0 Å². The fourth-order valence-electron chi connectivity index (χ4n) is 2.62. The van der Waals surface area contributed by atoms with Gasteiger partial charge in [0, 0.05) is 5.54 Å². The zero-order valence-electron chi connectivity index (χ0n) is 11.1. The topological polar surface area (TPSA) is 29.1 Å². The van der Waals surface area contributed by atoms with Gasteiger partial charge in [0.15, 0.2) is 0 Å². The van der Waals surface area contributed by atoms with E-state index in [2.05, 4.69) is 12.2 Å². The number of amides is 1. The largest absolute Gasteiger partial charge is 0.347 e. The van der Waals surface area contributed by atoms with Crippen molar-refractivity contribution < 1.29 is 9.18 Å². The van der Waals surface area contributed by atoms with Gasteiger partial charge in [0.2, 0.25) is 0 Å². The zero-order chi connectivity index (χ0) is 13.2. The smallest absolute Gasteiger partial charge is 0.254 e. The van der Waals surface area contributed by atoms with Crippen LogP contribution in [0.15, 0.2) is 18.2 Å². The molecule has 2 nitrogen and oxygen atoms in total. The third-order valence-corrected chi connectivity index (χ3v) is 3.81. The highest BCUT2D eigenvalue weighted by molar-refractivity contribution is 5.95. The zero-order valence-corrected chi connectivity index (χ0v) is 11.1. The maximum Gasteiger partial charge on any atom is 0.254 e. The summed E-state index contributed by atoms with van der Waals surface area (Å²) in [5.74, 6) is -0.699. The van der Waals surface area contributed by atoms with Crippen molar-refractivity contribution in [3.8, 4) is 0 Å². The molecule has 1 saturated carbocycles. The quantitative estimate of drug-likeness (QED) is 0.852. The van der Waals surface area contributed by atoms with Gasteiger partial charge < -0.3 is 5.32 Å². The maximum atomic E-state index is 13.9. The van der Waals surface area contributed by atoms with E-state index in [-0.39, 0.29) is 17.0 Å². The number of benzene rings is 1. The molecule has 0 heterocycles. The normalized spacial score (nSPS) is 18.4. The fourth-order valence-corrected chi connectivity index (χ4v) is 2.62. The van der Waals surface area contributed by atoms with E-state index in [1.807, 2.05) is 0 Å². The fraction of sp³-hybridized carbons (Fsp3) is 0.533. The van der Waals surface area contributed by atoms with Gasteiger partial charge in [-0.2, -0.15) is 0 Å². The Hall–Kier alpha value is -1.38. The van der Waals surface area contributed by atoms with Crippen molar-refractivity contribution in [1.82, 2.24) is 5.32 Å². The summed E-state index contributed by atoms with van der Waals surface area (Å²) in [6.45, 7) is 3.73.